The third-order valence-corrected chi connectivity index (χ3v) is 9.24. The molecule has 2 fully saturated rings. The molecular weight excluding hydrogens is 722 g/mol. The van der Waals surface area contributed by atoms with E-state index in [1.54, 1.807) is 27.7 Å². The Labute approximate surface area is 313 Å². The summed E-state index contributed by atoms with van der Waals surface area (Å²) in [5.41, 5.74) is 0. The molecule has 2 saturated heterocycles. The molecule has 0 bridgehead atoms. The highest BCUT2D eigenvalue weighted by Crippen LogP contribution is 2.25. The molecule has 54 heavy (non-hydrogen) atoms. The van der Waals surface area contributed by atoms with Gasteiger partial charge in [-0.25, -0.2) is 4.79 Å². The van der Waals surface area contributed by atoms with Gasteiger partial charge < -0.3 is 87.1 Å². The van der Waals surface area contributed by atoms with Crippen molar-refractivity contribution in [1.29, 1.82) is 0 Å². The molecule has 0 saturated carbocycles. The van der Waals surface area contributed by atoms with Crippen molar-refractivity contribution >= 4 is 23.7 Å². The van der Waals surface area contributed by atoms with Gasteiger partial charge in [0.2, 0.25) is 29.3 Å². The van der Waals surface area contributed by atoms with Crippen LogP contribution in [0.2, 0.25) is 0 Å². The molecule has 0 aromatic heterocycles. The van der Waals surface area contributed by atoms with E-state index in [1.807, 2.05) is 0 Å². The van der Waals surface area contributed by atoms with E-state index in [4.69, 9.17) is 9.47 Å². The third kappa shape index (κ3) is 13.8. The molecule has 314 valence electrons. The van der Waals surface area contributed by atoms with Crippen LogP contribution in [0.3, 0.4) is 0 Å². The number of carboxylic acid groups (broad SMARTS) is 1. The number of hydrogen-bond donors (Lipinski definition) is 15. The van der Waals surface area contributed by atoms with Gasteiger partial charge in [0, 0.05) is 0 Å². The van der Waals surface area contributed by atoms with Gasteiger partial charge in [0.05, 0.1) is 39.0 Å². The molecule has 15 N–H and O–H groups in total. The highest BCUT2D eigenvalue weighted by molar-refractivity contribution is 5.94. The van der Waals surface area contributed by atoms with E-state index in [1.165, 1.54) is 0 Å². The van der Waals surface area contributed by atoms with E-state index in [9.17, 15) is 70.2 Å². The summed E-state index contributed by atoms with van der Waals surface area (Å²) in [6, 6.07) is -5.32. The third-order valence-electron chi connectivity index (χ3n) is 9.24. The number of hydrogen-bond acceptors (Lipinski definition) is 17. The van der Waals surface area contributed by atoms with Gasteiger partial charge in [0.1, 0.15) is 54.7 Å². The molecule has 0 aromatic carbocycles. The lowest BCUT2D eigenvalue weighted by molar-refractivity contribution is -0.318. The fourth-order valence-electron chi connectivity index (χ4n) is 5.96. The minimum Gasteiger partial charge on any atom is -0.480 e. The van der Waals surface area contributed by atoms with E-state index in [2.05, 4.69) is 26.6 Å². The van der Waals surface area contributed by atoms with Crippen LogP contribution in [0.15, 0.2) is 0 Å². The molecule has 0 aliphatic carbocycles. The van der Waals surface area contributed by atoms with Gasteiger partial charge in [0.15, 0.2) is 0 Å². The largest absolute Gasteiger partial charge is 0.480 e. The Balaban J connectivity index is 2.10. The molecule has 2 aliphatic heterocycles. The van der Waals surface area contributed by atoms with Gasteiger partial charge in [0.25, 0.3) is 0 Å². The predicted octanol–water partition coefficient (Wildman–Crippen LogP) is -6.07. The van der Waals surface area contributed by atoms with Crippen LogP contribution in [0, 0.1) is 11.8 Å². The minimum absolute atomic E-state index is 0.0351. The van der Waals surface area contributed by atoms with Crippen LogP contribution in [0.5, 0.6) is 0 Å². The van der Waals surface area contributed by atoms with Crippen LogP contribution in [0.4, 0.5) is 0 Å². The van der Waals surface area contributed by atoms with Crippen LogP contribution in [0.25, 0.3) is 0 Å². The van der Waals surface area contributed by atoms with Gasteiger partial charge in [-0.05, 0) is 50.5 Å². The lowest BCUT2D eigenvalue weighted by Gasteiger charge is -2.42. The Bertz CT molecular complexity index is 1220. The second kappa shape index (κ2) is 21.6. The molecule has 3 amide bonds. The second-order valence-corrected chi connectivity index (χ2v) is 14.9. The monoisotopic (exact) mass is 783 g/mol. The van der Waals surface area contributed by atoms with Crippen molar-refractivity contribution in [3.05, 3.63) is 0 Å². The highest BCUT2D eigenvalue weighted by Gasteiger charge is 2.49. The zero-order chi connectivity index (χ0) is 41.0. The normalized spacial score (nSPS) is 31.0. The zero-order valence-electron chi connectivity index (χ0n) is 31.1. The first-order valence-corrected chi connectivity index (χ1v) is 18.2. The number of carboxylic acids is 1. The first-order valence-electron chi connectivity index (χ1n) is 18.2. The fourth-order valence-corrected chi connectivity index (χ4v) is 5.96. The number of unbranched alkanes of at least 4 members (excludes halogenated alkanes) is 1. The van der Waals surface area contributed by atoms with Crippen molar-refractivity contribution in [3.63, 3.8) is 0 Å². The van der Waals surface area contributed by atoms with Crippen LogP contribution in [0.1, 0.15) is 59.8 Å². The van der Waals surface area contributed by atoms with E-state index in [0.29, 0.717) is 6.42 Å². The topological polar surface area (TPSA) is 349 Å². The fraction of sp³-hybridized carbons (Fsp3) is 0.879. The molecule has 0 unspecified atom stereocenters. The van der Waals surface area contributed by atoms with Crippen molar-refractivity contribution in [1.82, 2.24) is 26.6 Å². The Hall–Kier alpha value is -2.64. The Morgan fingerprint density at radius 1 is 0.667 bits per heavy atom. The first-order chi connectivity index (χ1) is 25.1. The maximum Gasteiger partial charge on any atom is 0.326 e. The van der Waals surface area contributed by atoms with Crippen molar-refractivity contribution in [2.75, 3.05) is 39.5 Å². The SMILES string of the molecule is CC(C)C[C@H](NC(=O)[C@H](CCCCNC[C@@]1(O)OC[C@@H](O)[C@@H](O)[C@@H]1O)NC(=O)[C@H](CO)NC(=O)[C@H](CC(C)C)NC[C@@]1(O)OC[C@@H](O)[C@@H](O)[C@@H]1O)C(=O)O. The predicted molar refractivity (Wildman–Crippen MR) is 186 cm³/mol. The zero-order valence-corrected chi connectivity index (χ0v) is 31.1. The Kier molecular flexibility index (Phi) is 19.0. The number of amides is 3. The van der Waals surface area contributed by atoms with Gasteiger partial charge >= 0.3 is 5.97 Å². The van der Waals surface area contributed by atoms with Gasteiger partial charge in [-0.15, -0.1) is 0 Å². The molecule has 21 nitrogen and oxygen atoms in total. The Morgan fingerprint density at radius 3 is 1.61 bits per heavy atom. The summed E-state index contributed by atoms with van der Waals surface area (Å²) < 4.78 is 10.2. The average Bonchev–Trinajstić information content (AvgIpc) is 3.10. The van der Waals surface area contributed by atoms with E-state index in [-0.39, 0.29) is 50.6 Å². The van der Waals surface area contributed by atoms with Crippen LogP contribution < -0.4 is 26.6 Å². The van der Waals surface area contributed by atoms with Gasteiger partial charge in [-0.1, -0.05) is 27.7 Å². The summed E-state index contributed by atoms with van der Waals surface area (Å²) >= 11 is 0. The average molecular weight is 784 g/mol. The van der Waals surface area contributed by atoms with Crippen molar-refractivity contribution in [2.45, 2.75) is 132 Å². The van der Waals surface area contributed by atoms with Gasteiger partial charge in [-0.2, -0.15) is 0 Å². The molecule has 2 rings (SSSR count). The number of aliphatic hydroxyl groups is 9. The lowest BCUT2D eigenvalue weighted by atomic mass is 9.96. The highest BCUT2D eigenvalue weighted by atomic mass is 16.7. The summed E-state index contributed by atoms with van der Waals surface area (Å²) in [5.74, 6) is -8.69. The molecule has 0 radical (unpaired) electrons. The second-order valence-electron chi connectivity index (χ2n) is 14.9. The summed E-state index contributed by atoms with van der Waals surface area (Å²) in [6.45, 7) is 4.57. The minimum atomic E-state index is -2.38. The van der Waals surface area contributed by atoms with Crippen molar-refractivity contribution in [3.8, 4) is 0 Å². The number of aliphatic hydroxyl groups excluding tert-OH is 7. The lowest BCUT2D eigenvalue weighted by Crippen LogP contribution is -2.66. The van der Waals surface area contributed by atoms with Crippen LogP contribution >= 0.6 is 0 Å². The number of nitrogens with one attached hydrogen (secondary N) is 5. The molecule has 0 spiro atoms. The van der Waals surface area contributed by atoms with E-state index >= 15 is 0 Å². The van der Waals surface area contributed by atoms with Crippen LogP contribution in [-0.4, -0.2) is 187 Å². The maximum absolute atomic E-state index is 13.4. The number of carbonyl (C=O) groups excluding carboxylic acids is 3. The molecule has 21 heteroatoms. The summed E-state index contributed by atoms with van der Waals surface area (Å²) in [7, 11) is 0. The maximum atomic E-state index is 13.4. The van der Waals surface area contributed by atoms with Crippen molar-refractivity contribution in [2.24, 2.45) is 11.8 Å². The van der Waals surface area contributed by atoms with Crippen molar-refractivity contribution < 1.29 is 79.7 Å². The molecule has 12 atom stereocenters. The molecular formula is C33H61N5O16. The number of ether oxygens (including phenoxy) is 2. The number of aliphatic carboxylic acids is 1. The van der Waals surface area contributed by atoms with Gasteiger partial charge in [-0.3, -0.25) is 14.4 Å². The summed E-state index contributed by atoms with van der Waals surface area (Å²) in [5, 5.41) is 114. The number of carbonyl (C=O) groups is 4. The summed E-state index contributed by atoms with van der Waals surface area (Å²) in [4.78, 5) is 52.0. The summed E-state index contributed by atoms with van der Waals surface area (Å²) in [6.07, 6.45) is -9.16. The standard InChI is InChI=1S/C33H61N5O16/c1-16(2)9-19(35-15-33(52)27(45)25(43)23(41)13-54-33)29(47)38-21(11-39)30(48)36-18(28(46)37-20(31(49)50)10-17(3)4)7-5-6-8-34-14-32(51)26(44)24(42)22(40)12-53-32/h16-27,34-35,39-45,51-52H,5-15H2,1-4H3,(H,36,48)(H,37,46)(H,38,47)(H,49,50)/t18-,19-,20-,21-,22+,23+,24+,25+,26-,27-,32+,33+/m0/s1. The molecule has 2 aliphatic rings. The smallest absolute Gasteiger partial charge is 0.326 e. The van der Waals surface area contributed by atoms with Crippen LogP contribution in [-0.2, 0) is 28.7 Å². The number of rotatable bonds is 22. The quantitative estimate of drug-likeness (QED) is 0.0454. The Morgan fingerprint density at radius 2 is 1.11 bits per heavy atom. The molecule has 2 heterocycles. The first kappa shape index (κ1) is 47.5. The van der Waals surface area contributed by atoms with E-state index in [0.717, 1.165) is 0 Å². The molecule has 0 aromatic rings. The van der Waals surface area contributed by atoms with E-state index < -0.39 is 122 Å².